The highest BCUT2D eigenvalue weighted by Crippen LogP contribution is 2.35. The molecule has 2 aromatic carbocycles. The summed E-state index contributed by atoms with van der Waals surface area (Å²) in [6.45, 7) is 0.800. The number of aryl methyl sites for hydroxylation is 2. The zero-order valence-electron chi connectivity index (χ0n) is 20.9. The van der Waals surface area contributed by atoms with Gasteiger partial charge in [0.25, 0.3) is 11.5 Å². The highest BCUT2D eigenvalue weighted by atomic mass is 19.3. The third-order valence-corrected chi connectivity index (χ3v) is 6.50. The van der Waals surface area contributed by atoms with Gasteiger partial charge in [-0.05, 0) is 61.4 Å². The van der Waals surface area contributed by atoms with Crippen LogP contribution in [0.3, 0.4) is 0 Å². The monoisotopic (exact) mass is 529 g/mol. The molecule has 1 N–H and O–H groups in total. The molecule has 0 radical (unpaired) electrons. The summed E-state index contributed by atoms with van der Waals surface area (Å²) in [4.78, 5) is 41.2. The second kappa shape index (κ2) is 11.0. The lowest BCUT2D eigenvalue weighted by Crippen LogP contribution is -2.44. The first kappa shape index (κ1) is 26.8. The van der Waals surface area contributed by atoms with E-state index in [1.807, 2.05) is 0 Å². The molecule has 1 aromatic heterocycles. The van der Waals surface area contributed by atoms with E-state index in [0.717, 1.165) is 0 Å². The van der Waals surface area contributed by atoms with Gasteiger partial charge in [0.15, 0.2) is 0 Å². The van der Waals surface area contributed by atoms with Gasteiger partial charge in [0.1, 0.15) is 29.0 Å². The number of benzene rings is 2. The minimum Gasteiger partial charge on any atom is -0.497 e. The fraction of sp³-hybridized carbons (Fsp3) is 0.296. The summed E-state index contributed by atoms with van der Waals surface area (Å²) in [5.74, 6) is -2.58. The number of anilines is 1. The maximum Gasteiger partial charge on any atom is 0.387 e. The Bertz CT molecular complexity index is 1410. The number of alkyl halides is 2. The number of amides is 2. The highest BCUT2D eigenvalue weighted by Gasteiger charge is 2.45. The van der Waals surface area contributed by atoms with Crippen molar-refractivity contribution in [3.8, 4) is 11.5 Å². The van der Waals surface area contributed by atoms with Gasteiger partial charge in [-0.25, -0.2) is 4.39 Å². The van der Waals surface area contributed by atoms with Crippen LogP contribution in [0.25, 0.3) is 0 Å². The predicted molar refractivity (Wildman–Crippen MR) is 133 cm³/mol. The molecule has 8 nitrogen and oxygen atoms in total. The van der Waals surface area contributed by atoms with Gasteiger partial charge in [0.05, 0.1) is 7.11 Å². The largest absolute Gasteiger partial charge is 0.497 e. The Kier molecular flexibility index (Phi) is 7.75. The molecule has 1 aliphatic heterocycles. The van der Waals surface area contributed by atoms with Gasteiger partial charge < -0.3 is 24.3 Å². The summed E-state index contributed by atoms with van der Waals surface area (Å²) in [5.41, 5.74) is 0.580. The number of pyridine rings is 1. The fourth-order valence-electron chi connectivity index (χ4n) is 4.55. The number of carbonyl (C=O) groups excluding carboxylic acids is 2. The molecule has 2 atom stereocenters. The van der Waals surface area contributed by atoms with E-state index in [4.69, 9.17) is 4.74 Å². The molecule has 1 fully saturated rings. The van der Waals surface area contributed by atoms with Crippen LogP contribution >= 0.6 is 0 Å². The SMILES string of the molecule is CCn1ccc(C)c(N2C[C@@H](c3ccc(OC)cc3F)[C@H](NC(=O)c3ccc(OC(F)F)cc3)C2=O)c1=O. The molecule has 0 unspecified atom stereocenters. The topological polar surface area (TPSA) is 89.9 Å². The minimum absolute atomic E-state index is 0.0575. The van der Waals surface area contributed by atoms with Crippen molar-refractivity contribution in [2.24, 2.45) is 0 Å². The van der Waals surface area contributed by atoms with E-state index >= 15 is 4.39 Å². The zero-order chi connectivity index (χ0) is 27.6. The summed E-state index contributed by atoms with van der Waals surface area (Å²) < 4.78 is 50.9. The number of rotatable bonds is 8. The van der Waals surface area contributed by atoms with Crippen LogP contribution in [0.4, 0.5) is 18.9 Å². The van der Waals surface area contributed by atoms with E-state index in [1.54, 1.807) is 32.2 Å². The molecular weight excluding hydrogens is 503 g/mol. The predicted octanol–water partition coefficient (Wildman–Crippen LogP) is 3.85. The molecule has 38 heavy (non-hydrogen) atoms. The summed E-state index contributed by atoms with van der Waals surface area (Å²) in [6, 6.07) is 9.65. The Balaban J connectivity index is 1.71. The van der Waals surface area contributed by atoms with Crippen molar-refractivity contribution in [3.63, 3.8) is 0 Å². The first-order valence-corrected chi connectivity index (χ1v) is 11.8. The molecule has 200 valence electrons. The number of hydrogen-bond donors (Lipinski definition) is 1. The summed E-state index contributed by atoms with van der Waals surface area (Å²) in [5, 5.41) is 2.65. The normalized spacial score (nSPS) is 17.1. The average Bonchev–Trinajstić information content (AvgIpc) is 3.19. The molecule has 3 aromatic rings. The molecule has 4 rings (SSSR count). The number of nitrogens with zero attached hydrogens (tertiary/aromatic N) is 2. The first-order valence-electron chi connectivity index (χ1n) is 11.8. The average molecular weight is 530 g/mol. The Morgan fingerprint density at radius 2 is 1.79 bits per heavy atom. The van der Waals surface area contributed by atoms with Crippen molar-refractivity contribution in [2.75, 3.05) is 18.6 Å². The molecular formula is C27H26F3N3O5. The third-order valence-electron chi connectivity index (χ3n) is 6.50. The Hall–Kier alpha value is -4.28. The lowest BCUT2D eigenvalue weighted by atomic mass is 9.93. The number of ether oxygens (including phenoxy) is 2. The molecule has 0 saturated carbocycles. The van der Waals surface area contributed by atoms with Gasteiger partial charge in [-0.3, -0.25) is 14.4 Å². The van der Waals surface area contributed by atoms with Crippen LogP contribution in [0.5, 0.6) is 11.5 Å². The quantitative estimate of drug-likeness (QED) is 0.479. The smallest absolute Gasteiger partial charge is 0.387 e. The van der Waals surface area contributed by atoms with E-state index in [2.05, 4.69) is 10.1 Å². The van der Waals surface area contributed by atoms with Gasteiger partial charge >= 0.3 is 6.61 Å². The van der Waals surface area contributed by atoms with Crippen LogP contribution in [0, 0.1) is 12.7 Å². The molecule has 1 saturated heterocycles. The molecule has 2 heterocycles. The maximum absolute atomic E-state index is 15.1. The summed E-state index contributed by atoms with van der Waals surface area (Å²) >= 11 is 0. The maximum atomic E-state index is 15.1. The van der Waals surface area contributed by atoms with Crippen molar-refractivity contribution in [1.82, 2.24) is 9.88 Å². The lowest BCUT2D eigenvalue weighted by Gasteiger charge is -2.19. The van der Waals surface area contributed by atoms with Crippen LogP contribution in [-0.4, -0.2) is 42.7 Å². The number of halogens is 3. The third kappa shape index (κ3) is 5.22. The van der Waals surface area contributed by atoms with E-state index in [0.29, 0.717) is 12.1 Å². The van der Waals surface area contributed by atoms with Crippen molar-refractivity contribution in [2.45, 2.75) is 39.0 Å². The minimum atomic E-state index is -3.02. The van der Waals surface area contributed by atoms with Gasteiger partial charge in [-0.1, -0.05) is 6.07 Å². The second-order valence-corrected chi connectivity index (χ2v) is 8.74. The van der Waals surface area contributed by atoms with Gasteiger partial charge in [0.2, 0.25) is 5.91 Å². The number of carbonyl (C=O) groups is 2. The second-order valence-electron chi connectivity index (χ2n) is 8.74. The van der Waals surface area contributed by atoms with Crippen LogP contribution in [0.2, 0.25) is 0 Å². The molecule has 1 aliphatic rings. The van der Waals surface area contributed by atoms with Gasteiger partial charge in [-0.15, -0.1) is 0 Å². The van der Waals surface area contributed by atoms with E-state index in [-0.39, 0.29) is 40.4 Å². The summed E-state index contributed by atoms with van der Waals surface area (Å²) in [6.07, 6.45) is 1.63. The molecule has 0 bridgehead atoms. The summed E-state index contributed by atoms with van der Waals surface area (Å²) in [7, 11) is 1.40. The first-order chi connectivity index (χ1) is 18.1. The zero-order valence-corrected chi connectivity index (χ0v) is 20.9. The Morgan fingerprint density at radius 1 is 1.11 bits per heavy atom. The van der Waals surface area contributed by atoms with Crippen LogP contribution in [-0.2, 0) is 11.3 Å². The Morgan fingerprint density at radius 3 is 2.39 bits per heavy atom. The number of nitrogens with one attached hydrogen (secondary N) is 1. The fourth-order valence-corrected chi connectivity index (χ4v) is 4.55. The van der Waals surface area contributed by atoms with Gasteiger partial charge in [0, 0.05) is 36.8 Å². The van der Waals surface area contributed by atoms with Crippen molar-refractivity contribution in [3.05, 3.63) is 87.6 Å². The van der Waals surface area contributed by atoms with E-state index < -0.39 is 36.2 Å². The number of aromatic nitrogens is 1. The molecule has 0 aliphatic carbocycles. The van der Waals surface area contributed by atoms with Crippen molar-refractivity contribution >= 4 is 17.5 Å². The van der Waals surface area contributed by atoms with E-state index in [1.165, 1.54) is 53.0 Å². The number of methoxy groups -OCH3 is 1. The molecule has 2 amide bonds. The van der Waals surface area contributed by atoms with E-state index in [9.17, 15) is 23.2 Å². The van der Waals surface area contributed by atoms with Crippen molar-refractivity contribution < 1.29 is 32.2 Å². The van der Waals surface area contributed by atoms with Crippen LogP contribution in [0.15, 0.2) is 59.5 Å². The number of hydrogen-bond acceptors (Lipinski definition) is 5. The van der Waals surface area contributed by atoms with Crippen LogP contribution < -0.4 is 25.2 Å². The Labute approximate surface area is 216 Å². The van der Waals surface area contributed by atoms with Crippen LogP contribution in [0.1, 0.15) is 34.3 Å². The van der Waals surface area contributed by atoms with Gasteiger partial charge in [-0.2, -0.15) is 8.78 Å². The standard InChI is InChI=1S/C27H26F3N3O5/c1-4-32-12-11-15(2)23(26(32)36)33-14-20(19-10-9-18(37-3)13-21(19)28)22(25(33)35)31-24(34)16-5-7-17(8-6-16)38-27(29)30/h5-13,20,22,27H,4,14H2,1-3H3,(H,31,34)/t20-,22-/m0/s1. The van der Waals surface area contributed by atoms with Crippen molar-refractivity contribution in [1.29, 1.82) is 0 Å². The highest BCUT2D eigenvalue weighted by molar-refractivity contribution is 6.05. The molecule has 0 spiro atoms. The lowest BCUT2D eigenvalue weighted by molar-refractivity contribution is -0.118. The molecule has 11 heteroatoms.